The van der Waals surface area contributed by atoms with E-state index in [9.17, 15) is 4.79 Å². The number of nitrogens with one attached hydrogen (secondary N) is 1. The Balaban J connectivity index is 2.54. The Kier molecular flexibility index (Phi) is 7.04. The molecule has 1 aromatic rings. The number of anilines is 2. The van der Waals surface area contributed by atoms with E-state index in [1.54, 1.807) is 0 Å². The molecule has 5 heteroatoms. The number of carbonyl (C=O) groups excluding carboxylic acids is 1. The van der Waals surface area contributed by atoms with Crippen molar-refractivity contribution < 1.29 is 9.90 Å². The molecular weight excluding hydrogens is 254 g/mol. The van der Waals surface area contributed by atoms with E-state index in [0.29, 0.717) is 13.1 Å². The van der Waals surface area contributed by atoms with Crippen LogP contribution in [-0.2, 0) is 4.79 Å². The standard InChI is InChI=1S/C15H25N3O2/c1-4-18(5-2)12-15(20)16-13-6-8-14(9-7-13)17(3)10-11-19/h6-9,19H,4-5,10-12H2,1-3H3,(H,16,20). The third kappa shape index (κ3) is 5.19. The van der Waals surface area contributed by atoms with Gasteiger partial charge in [0.15, 0.2) is 0 Å². The molecule has 0 aliphatic rings. The summed E-state index contributed by atoms with van der Waals surface area (Å²) in [5.41, 5.74) is 1.81. The number of hydrogen-bond donors (Lipinski definition) is 2. The molecule has 0 saturated heterocycles. The van der Waals surface area contributed by atoms with Crippen LogP contribution in [0.1, 0.15) is 13.8 Å². The summed E-state index contributed by atoms with van der Waals surface area (Å²) in [4.78, 5) is 15.9. The smallest absolute Gasteiger partial charge is 0.238 e. The number of rotatable bonds is 8. The fourth-order valence-electron chi connectivity index (χ4n) is 1.93. The number of likely N-dealkylation sites (N-methyl/N-ethyl adjacent to an activating group) is 2. The average Bonchev–Trinajstić information content (AvgIpc) is 2.45. The summed E-state index contributed by atoms with van der Waals surface area (Å²) in [7, 11) is 1.92. The molecule has 0 fully saturated rings. The van der Waals surface area contributed by atoms with Crippen molar-refractivity contribution >= 4 is 17.3 Å². The predicted molar refractivity (Wildman–Crippen MR) is 83.2 cm³/mol. The van der Waals surface area contributed by atoms with Gasteiger partial charge in [-0.3, -0.25) is 9.69 Å². The number of aliphatic hydroxyl groups is 1. The highest BCUT2D eigenvalue weighted by atomic mass is 16.3. The van der Waals surface area contributed by atoms with Crippen molar-refractivity contribution in [2.45, 2.75) is 13.8 Å². The van der Waals surface area contributed by atoms with Gasteiger partial charge in [-0.2, -0.15) is 0 Å². The normalized spacial score (nSPS) is 10.7. The Labute approximate surface area is 121 Å². The molecule has 5 nitrogen and oxygen atoms in total. The van der Waals surface area contributed by atoms with Gasteiger partial charge in [-0.15, -0.1) is 0 Å². The second kappa shape index (κ2) is 8.55. The van der Waals surface area contributed by atoms with Gasteiger partial charge in [-0.1, -0.05) is 13.8 Å². The number of amides is 1. The van der Waals surface area contributed by atoms with Crippen LogP contribution < -0.4 is 10.2 Å². The SMILES string of the molecule is CCN(CC)CC(=O)Nc1ccc(N(C)CCO)cc1. The molecular formula is C15H25N3O2. The summed E-state index contributed by atoms with van der Waals surface area (Å²) in [6.45, 7) is 6.96. The molecule has 0 aliphatic heterocycles. The minimum absolute atomic E-state index is 0.00478. The van der Waals surface area contributed by atoms with Gasteiger partial charge < -0.3 is 15.3 Å². The summed E-state index contributed by atoms with van der Waals surface area (Å²) in [5, 5.41) is 11.8. The van der Waals surface area contributed by atoms with Crippen molar-refractivity contribution in [3.63, 3.8) is 0 Å². The Morgan fingerprint density at radius 2 is 1.80 bits per heavy atom. The summed E-state index contributed by atoms with van der Waals surface area (Å²) < 4.78 is 0. The maximum Gasteiger partial charge on any atom is 0.238 e. The van der Waals surface area contributed by atoms with Crippen LogP contribution in [-0.4, -0.2) is 55.7 Å². The van der Waals surface area contributed by atoms with Crippen LogP contribution >= 0.6 is 0 Å². The monoisotopic (exact) mass is 279 g/mol. The van der Waals surface area contributed by atoms with E-state index in [0.717, 1.165) is 24.5 Å². The highest BCUT2D eigenvalue weighted by Crippen LogP contribution is 2.16. The number of nitrogens with zero attached hydrogens (tertiary/aromatic N) is 2. The summed E-state index contributed by atoms with van der Waals surface area (Å²) >= 11 is 0. The van der Waals surface area contributed by atoms with Gasteiger partial charge in [0.25, 0.3) is 0 Å². The Morgan fingerprint density at radius 3 is 2.30 bits per heavy atom. The van der Waals surface area contributed by atoms with E-state index in [4.69, 9.17) is 5.11 Å². The fraction of sp³-hybridized carbons (Fsp3) is 0.533. The summed E-state index contributed by atoms with van der Waals surface area (Å²) in [6.07, 6.45) is 0. The largest absolute Gasteiger partial charge is 0.395 e. The van der Waals surface area contributed by atoms with Gasteiger partial charge in [-0.25, -0.2) is 0 Å². The first-order chi connectivity index (χ1) is 9.60. The van der Waals surface area contributed by atoms with Crippen molar-refractivity contribution in [3.8, 4) is 0 Å². The zero-order chi connectivity index (χ0) is 15.0. The topological polar surface area (TPSA) is 55.8 Å². The molecule has 0 bridgehead atoms. The Morgan fingerprint density at radius 1 is 1.20 bits per heavy atom. The van der Waals surface area contributed by atoms with Crippen LogP contribution in [0.25, 0.3) is 0 Å². The quantitative estimate of drug-likeness (QED) is 0.755. The molecule has 1 amide bonds. The first-order valence-corrected chi connectivity index (χ1v) is 7.05. The van der Waals surface area contributed by atoms with E-state index in [-0.39, 0.29) is 12.5 Å². The van der Waals surface area contributed by atoms with Gasteiger partial charge >= 0.3 is 0 Å². The van der Waals surface area contributed by atoms with Gasteiger partial charge in [0.05, 0.1) is 13.2 Å². The first kappa shape index (κ1) is 16.5. The van der Waals surface area contributed by atoms with Crippen molar-refractivity contribution in [2.75, 3.05) is 50.1 Å². The van der Waals surface area contributed by atoms with Crippen LogP contribution in [0.2, 0.25) is 0 Å². The first-order valence-electron chi connectivity index (χ1n) is 7.05. The van der Waals surface area contributed by atoms with Crippen LogP contribution in [0.3, 0.4) is 0 Å². The average molecular weight is 279 g/mol. The van der Waals surface area contributed by atoms with Crippen LogP contribution in [0.4, 0.5) is 11.4 Å². The number of carbonyl (C=O) groups is 1. The molecule has 0 spiro atoms. The minimum atomic E-state index is 0.00478. The fourth-order valence-corrected chi connectivity index (χ4v) is 1.93. The zero-order valence-corrected chi connectivity index (χ0v) is 12.6. The maximum absolute atomic E-state index is 11.9. The highest BCUT2D eigenvalue weighted by Gasteiger charge is 2.07. The molecule has 1 aromatic carbocycles. The Bertz CT molecular complexity index is 402. The summed E-state index contributed by atoms with van der Waals surface area (Å²) in [5.74, 6) is 0.00478. The van der Waals surface area contributed by atoms with Gasteiger partial charge in [0.1, 0.15) is 0 Å². The minimum Gasteiger partial charge on any atom is -0.395 e. The molecule has 20 heavy (non-hydrogen) atoms. The number of benzene rings is 1. The molecule has 0 atom stereocenters. The van der Waals surface area contributed by atoms with Crippen molar-refractivity contribution in [1.82, 2.24) is 4.90 Å². The lowest BCUT2D eigenvalue weighted by atomic mass is 10.2. The third-order valence-electron chi connectivity index (χ3n) is 3.29. The highest BCUT2D eigenvalue weighted by molar-refractivity contribution is 5.92. The Hall–Kier alpha value is -1.59. The van der Waals surface area contributed by atoms with Crippen LogP contribution in [0, 0.1) is 0 Å². The van der Waals surface area contributed by atoms with Gasteiger partial charge in [0, 0.05) is 25.0 Å². The molecule has 0 aromatic heterocycles. The second-order valence-corrected chi connectivity index (χ2v) is 4.70. The van der Waals surface area contributed by atoms with Crippen molar-refractivity contribution in [2.24, 2.45) is 0 Å². The molecule has 2 N–H and O–H groups in total. The number of hydrogen-bond acceptors (Lipinski definition) is 4. The third-order valence-corrected chi connectivity index (χ3v) is 3.29. The zero-order valence-electron chi connectivity index (χ0n) is 12.6. The molecule has 0 radical (unpaired) electrons. The van der Waals surface area contributed by atoms with Crippen LogP contribution in [0.5, 0.6) is 0 Å². The second-order valence-electron chi connectivity index (χ2n) is 4.70. The molecule has 0 heterocycles. The maximum atomic E-state index is 11.9. The molecule has 112 valence electrons. The van der Waals surface area contributed by atoms with Crippen molar-refractivity contribution in [1.29, 1.82) is 0 Å². The van der Waals surface area contributed by atoms with E-state index >= 15 is 0 Å². The van der Waals surface area contributed by atoms with E-state index in [1.807, 2.05) is 50.1 Å². The van der Waals surface area contributed by atoms with E-state index in [2.05, 4.69) is 10.2 Å². The lowest BCUT2D eigenvalue weighted by Crippen LogP contribution is -2.32. The van der Waals surface area contributed by atoms with Crippen molar-refractivity contribution in [3.05, 3.63) is 24.3 Å². The molecule has 0 aliphatic carbocycles. The summed E-state index contributed by atoms with van der Waals surface area (Å²) in [6, 6.07) is 7.62. The van der Waals surface area contributed by atoms with E-state index < -0.39 is 0 Å². The molecule has 0 unspecified atom stereocenters. The van der Waals surface area contributed by atoms with Gasteiger partial charge in [0.2, 0.25) is 5.91 Å². The van der Waals surface area contributed by atoms with E-state index in [1.165, 1.54) is 0 Å². The molecule has 0 saturated carbocycles. The lowest BCUT2D eigenvalue weighted by Gasteiger charge is -2.19. The van der Waals surface area contributed by atoms with Crippen LogP contribution in [0.15, 0.2) is 24.3 Å². The molecule has 1 rings (SSSR count). The lowest BCUT2D eigenvalue weighted by molar-refractivity contribution is -0.117. The predicted octanol–water partition coefficient (Wildman–Crippen LogP) is 1.40. The van der Waals surface area contributed by atoms with Gasteiger partial charge in [-0.05, 0) is 37.4 Å². The number of aliphatic hydroxyl groups excluding tert-OH is 1.